The first-order valence-corrected chi connectivity index (χ1v) is 6.26. The van der Waals surface area contributed by atoms with E-state index in [-0.39, 0.29) is 5.82 Å². The van der Waals surface area contributed by atoms with Crippen LogP contribution in [-0.4, -0.2) is 18.0 Å². The van der Waals surface area contributed by atoms with E-state index in [1.54, 1.807) is 6.07 Å². The van der Waals surface area contributed by atoms with Crippen LogP contribution in [0.25, 0.3) is 0 Å². The van der Waals surface area contributed by atoms with Crippen molar-refractivity contribution in [3.63, 3.8) is 0 Å². The summed E-state index contributed by atoms with van der Waals surface area (Å²) in [5, 5.41) is 0. The lowest BCUT2D eigenvalue weighted by Crippen LogP contribution is -2.27. The van der Waals surface area contributed by atoms with E-state index in [1.165, 1.54) is 0 Å². The third kappa shape index (κ3) is 4.44. The van der Waals surface area contributed by atoms with Gasteiger partial charge < -0.3 is 5.73 Å². The molecule has 1 aromatic rings. The van der Waals surface area contributed by atoms with Gasteiger partial charge in [-0.25, -0.2) is 4.39 Å². The Labute approximate surface area is 104 Å². The maximum Gasteiger partial charge on any atom is 0.128 e. The summed E-state index contributed by atoms with van der Waals surface area (Å²) >= 11 is 0. The number of nitrogens with two attached hydrogens (primary N) is 1. The van der Waals surface area contributed by atoms with Crippen molar-refractivity contribution >= 4 is 0 Å². The van der Waals surface area contributed by atoms with E-state index in [1.807, 2.05) is 12.1 Å². The van der Waals surface area contributed by atoms with Crippen molar-refractivity contribution in [1.82, 2.24) is 4.90 Å². The quantitative estimate of drug-likeness (QED) is 0.825. The molecular weight excluding hydrogens is 215 g/mol. The first kappa shape index (κ1) is 14.1. The molecule has 0 saturated carbocycles. The van der Waals surface area contributed by atoms with Crippen LogP contribution in [-0.2, 0) is 13.1 Å². The monoisotopic (exact) mass is 238 g/mol. The van der Waals surface area contributed by atoms with E-state index in [9.17, 15) is 4.39 Å². The molecule has 0 amide bonds. The molecule has 0 aliphatic heterocycles. The molecule has 1 aromatic carbocycles. The molecule has 0 saturated heterocycles. The van der Waals surface area contributed by atoms with Gasteiger partial charge in [0.15, 0.2) is 0 Å². The van der Waals surface area contributed by atoms with Crippen molar-refractivity contribution in [3.05, 3.63) is 35.1 Å². The molecule has 3 heteroatoms. The van der Waals surface area contributed by atoms with E-state index in [4.69, 9.17) is 5.73 Å². The van der Waals surface area contributed by atoms with Crippen molar-refractivity contribution in [2.45, 2.75) is 33.9 Å². The summed E-state index contributed by atoms with van der Waals surface area (Å²) in [6.45, 7) is 9.46. The highest BCUT2D eigenvalue weighted by atomic mass is 19.1. The predicted octanol–water partition coefficient (Wildman–Crippen LogP) is 2.76. The van der Waals surface area contributed by atoms with Crippen molar-refractivity contribution in [3.8, 4) is 0 Å². The molecule has 96 valence electrons. The fraction of sp³-hybridized carbons (Fsp3) is 0.571. The van der Waals surface area contributed by atoms with Gasteiger partial charge in [0.05, 0.1) is 0 Å². The fourth-order valence-electron chi connectivity index (χ4n) is 1.91. The molecule has 0 atom stereocenters. The molecule has 0 bridgehead atoms. The van der Waals surface area contributed by atoms with E-state index >= 15 is 0 Å². The maximum atomic E-state index is 13.8. The topological polar surface area (TPSA) is 29.3 Å². The van der Waals surface area contributed by atoms with Crippen LogP contribution in [0, 0.1) is 11.7 Å². The van der Waals surface area contributed by atoms with Crippen molar-refractivity contribution in [1.29, 1.82) is 0 Å². The molecule has 0 heterocycles. The molecule has 0 unspecified atom stereocenters. The highest BCUT2D eigenvalue weighted by Crippen LogP contribution is 2.13. The number of hydrogen-bond acceptors (Lipinski definition) is 2. The van der Waals surface area contributed by atoms with Crippen LogP contribution < -0.4 is 5.73 Å². The Morgan fingerprint density at radius 3 is 2.53 bits per heavy atom. The number of nitrogens with zero attached hydrogens (tertiary/aromatic N) is 1. The van der Waals surface area contributed by atoms with Gasteiger partial charge in [0.1, 0.15) is 5.82 Å². The molecule has 0 aromatic heterocycles. The van der Waals surface area contributed by atoms with Crippen LogP contribution in [0.4, 0.5) is 4.39 Å². The van der Waals surface area contributed by atoms with Crippen LogP contribution in [0.5, 0.6) is 0 Å². The first-order chi connectivity index (χ1) is 8.06. The summed E-state index contributed by atoms with van der Waals surface area (Å²) in [6.07, 6.45) is 0. The van der Waals surface area contributed by atoms with Gasteiger partial charge in [-0.15, -0.1) is 0 Å². The van der Waals surface area contributed by atoms with E-state index in [0.717, 1.165) is 24.2 Å². The molecule has 0 aliphatic carbocycles. The molecule has 2 nitrogen and oxygen atoms in total. The zero-order valence-corrected chi connectivity index (χ0v) is 11.0. The van der Waals surface area contributed by atoms with E-state index in [2.05, 4.69) is 25.7 Å². The minimum Gasteiger partial charge on any atom is -0.326 e. The Kier molecular flexibility index (Phi) is 5.59. The molecule has 0 aliphatic rings. The zero-order chi connectivity index (χ0) is 12.8. The lowest BCUT2D eigenvalue weighted by Gasteiger charge is -2.22. The molecule has 1 rings (SSSR count). The van der Waals surface area contributed by atoms with Crippen molar-refractivity contribution in [2.24, 2.45) is 11.7 Å². The van der Waals surface area contributed by atoms with Crippen LogP contribution in [0.15, 0.2) is 18.2 Å². The summed E-state index contributed by atoms with van der Waals surface area (Å²) in [5.74, 6) is 0.455. The van der Waals surface area contributed by atoms with Gasteiger partial charge in [0.25, 0.3) is 0 Å². The van der Waals surface area contributed by atoms with Gasteiger partial charge in [0, 0.05) is 25.2 Å². The SMILES string of the molecule is CCN(Cc1ccc(CN)cc1F)CC(C)C. The lowest BCUT2D eigenvalue weighted by atomic mass is 10.1. The van der Waals surface area contributed by atoms with E-state index < -0.39 is 0 Å². The van der Waals surface area contributed by atoms with Crippen LogP contribution in [0.2, 0.25) is 0 Å². The number of rotatable bonds is 6. The molecule has 0 fully saturated rings. The van der Waals surface area contributed by atoms with Gasteiger partial charge in [-0.1, -0.05) is 32.9 Å². The van der Waals surface area contributed by atoms with Gasteiger partial charge >= 0.3 is 0 Å². The van der Waals surface area contributed by atoms with Crippen LogP contribution in [0.3, 0.4) is 0 Å². The number of benzene rings is 1. The van der Waals surface area contributed by atoms with Crippen LogP contribution in [0.1, 0.15) is 31.9 Å². The smallest absolute Gasteiger partial charge is 0.128 e. The van der Waals surface area contributed by atoms with Gasteiger partial charge in [-0.3, -0.25) is 4.90 Å². The lowest BCUT2D eigenvalue weighted by molar-refractivity contribution is 0.245. The Hall–Kier alpha value is -0.930. The second-order valence-corrected chi connectivity index (χ2v) is 4.85. The predicted molar refractivity (Wildman–Crippen MR) is 70.1 cm³/mol. The maximum absolute atomic E-state index is 13.8. The largest absolute Gasteiger partial charge is 0.326 e. The van der Waals surface area contributed by atoms with E-state index in [0.29, 0.717) is 19.0 Å². The average molecular weight is 238 g/mol. The van der Waals surface area contributed by atoms with Gasteiger partial charge in [-0.2, -0.15) is 0 Å². The summed E-state index contributed by atoms with van der Waals surface area (Å²) < 4.78 is 13.8. The molecule has 17 heavy (non-hydrogen) atoms. The summed E-state index contributed by atoms with van der Waals surface area (Å²) in [5.41, 5.74) is 7.08. The zero-order valence-electron chi connectivity index (χ0n) is 11.0. The van der Waals surface area contributed by atoms with Crippen molar-refractivity contribution in [2.75, 3.05) is 13.1 Å². The number of hydrogen-bond donors (Lipinski definition) is 1. The average Bonchev–Trinajstić information content (AvgIpc) is 2.29. The Balaban J connectivity index is 2.72. The summed E-state index contributed by atoms with van der Waals surface area (Å²) in [6, 6.07) is 5.29. The Morgan fingerprint density at radius 1 is 1.35 bits per heavy atom. The second kappa shape index (κ2) is 6.72. The normalized spacial score (nSPS) is 11.5. The standard InChI is InChI=1S/C14H23FN2/c1-4-17(9-11(2)3)10-13-6-5-12(8-16)7-14(13)15/h5-7,11H,4,8-10,16H2,1-3H3. The third-order valence-corrected chi connectivity index (χ3v) is 2.82. The molecule has 0 spiro atoms. The number of halogens is 1. The van der Waals surface area contributed by atoms with Gasteiger partial charge in [0.2, 0.25) is 0 Å². The second-order valence-electron chi connectivity index (χ2n) is 4.85. The fourth-order valence-corrected chi connectivity index (χ4v) is 1.91. The molecule has 2 N–H and O–H groups in total. The molecular formula is C14H23FN2. The highest BCUT2D eigenvalue weighted by Gasteiger charge is 2.09. The first-order valence-electron chi connectivity index (χ1n) is 6.26. The van der Waals surface area contributed by atoms with Crippen molar-refractivity contribution < 1.29 is 4.39 Å². The minimum absolute atomic E-state index is 0.143. The Bertz CT molecular complexity index is 350. The Morgan fingerprint density at radius 2 is 2.06 bits per heavy atom. The molecule has 0 radical (unpaired) electrons. The summed E-state index contributed by atoms with van der Waals surface area (Å²) in [4.78, 5) is 2.26. The summed E-state index contributed by atoms with van der Waals surface area (Å²) in [7, 11) is 0. The third-order valence-electron chi connectivity index (χ3n) is 2.82. The minimum atomic E-state index is -0.143. The van der Waals surface area contributed by atoms with Gasteiger partial charge in [-0.05, 0) is 24.1 Å². The highest BCUT2D eigenvalue weighted by molar-refractivity contribution is 5.24. The van der Waals surface area contributed by atoms with Crippen LogP contribution >= 0.6 is 0 Å².